The average Bonchev–Trinajstić information content (AvgIpc) is 3.04. The summed E-state index contributed by atoms with van der Waals surface area (Å²) in [5, 5.41) is 4.23. The fourth-order valence-corrected chi connectivity index (χ4v) is 6.18. The predicted octanol–water partition coefficient (Wildman–Crippen LogP) is 6.79. The maximum Gasteiger partial charge on any atom is 0.262 e. The van der Waals surface area contributed by atoms with Gasteiger partial charge in [-0.25, -0.2) is 9.37 Å². The van der Waals surface area contributed by atoms with E-state index < -0.39 is 5.82 Å². The molecule has 2 atom stereocenters. The second-order valence-electron chi connectivity index (χ2n) is 11.3. The van der Waals surface area contributed by atoms with Crippen LogP contribution in [0.25, 0.3) is 22.0 Å². The van der Waals surface area contributed by atoms with Gasteiger partial charge in [0.2, 0.25) is 5.95 Å². The third kappa shape index (κ3) is 6.50. The summed E-state index contributed by atoms with van der Waals surface area (Å²) in [6, 6.07) is 10.3. The van der Waals surface area contributed by atoms with Gasteiger partial charge in [-0.3, -0.25) is 19.2 Å². The Kier molecular flexibility index (Phi) is 9.99. The van der Waals surface area contributed by atoms with E-state index in [1.807, 2.05) is 0 Å². The van der Waals surface area contributed by atoms with Crippen LogP contribution in [0.15, 0.2) is 53.6 Å². The second-order valence-corrected chi connectivity index (χ2v) is 11.3. The molecule has 0 radical (unpaired) electrons. The van der Waals surface area contributed by atoms with E-state index in [0.29, 0.717) is 51.3 Å². The van der Waals surface area contributed by atoms with Crippen molar-refractivity contribution < 1.29 is 18.6 Å². The Morgan fingerprint density at radius 2 is 1.68 bits per heavy atom. The zero-order valence-corrected chi connectivity index (χ0v) is 26.2. The standard InChI is InChI=1S/C34H42FN5O4/c1-6-16-40(17-7-2)28-11-9-8-10-26(28)38-34-37-21-24(33(41)39(34)3)22-12-13-30(25(35)18-22)44-29-14-15-36-27-20-32(43-5)31(42-4)19-23(27)29/h12-15,18-21,26,28H,6-11,16-17H2,1-5H3,(H,37,38)/t26?,28-/m1/s1. The average molecular weight is 604 g/mol. The van der Waals surface area contributed by atoms with E-state index in [0.717, 1.165) is 45.2 Å². The van der Waals surface area contributed by atoms with Gasteiger partial charge in [0, 0.05) is 43.0 Å². The Morgan fingerprint density at radius 1 is 0.955 bits per heavy atom. The Labute approximate surface area is 258 Å². The van der Waals surface area contributed by atoms with Crippen molar-refractivity contribution in [3.05, 3.63) is 65.0 Å². The lowest BCUT2D eigenvalue weighted by atomic mass is 9.89. The van der Waals surface area contributed by atoms with Crippen LogP contribution in [-0.2, 0) is 7.05 Å². The summed E-state index contributed by atoms with van der Waals surface area (Å²) in [5.74, 6) is 1.40. The minimum absolute atomic E-state index is 0.0196. The number of ether oxygens (including phenoxy) is 3. The van der Waals surface area contributed by atoms with Crippen molar-refractivity contribution >= 4 is 16.9 Å². The third-order valence-electron chi connectivity index (χ3n) is 8.37. The molecule has 0 aliphatic heterocycles. The molecule has 0 spiro atoms. The zero-order valence-electron chi connectivity index (χ0n) is 26.2. The molecule has 2 aromatic heterocycles. The van der Waals surface area contributed by atoms with Gasteiger partial charge in [-0.2, -0.15) is 0 Å². The van der Waals surface area contributed by atoms with Crippen molar-refractivity contribution in [3.63, 3.8) is 0 Å². The highest BCUT2D eigenvalue weighted by atomic mass is 19.1. The molecule has 9 nitrogen and oxygen atoms in total. The minimum Gasteiger partial charge on any atom is -0.493 e. The van der Waals surface area contributed by atoms with Gasteiger partial charge < -0.3 is 19.5 Å². The number of aromatic nitrogens is 3. The number of nitrogens with zero attached hydrogens (tertiary/aromatic N) is 4. The first kappa shape index (κ1) is 31.3. The van der Waals surface area contributed by atoms with Crippen LogP contribution in [0, 0.1) is 5.82 Å². The van der Waals surface area contributed by atoms with Gasteiger partial charge in [-0.15, -0.1) is 0 Å². The molecule has 4 aromatic rings. The number of benzene rings is 2. The molecule has 0 bridgehead atoms. The lowest BCUT2D eigenvalue weighted by Crippen LogP contribution is -2.50. The van der Waals surface area contributed by atoms with E-state index in [1.54, 1.807) is 51.7 Å². The number of pyridine rings is 1. The monoisotopic (exact) mass is 603 g/mol. The van der Waals surface area contributed by atoms with Crippen LogP contribution in [0.5, 0.6) is 23.0 Å². The van der Waals surface area contributed by atoms with E-state index in [-0.39, 0.29) is 17.4 Å². The first-order chi connectivity index (χ1) is 21.4. The van der Waals surface area contributed by atoms with Crippen LogP contribution in [0.4, 0.5) is 10.3 Å². The van der Waals surface area contributed by atoms with Crippen LogP contribution >= 0.6 is 0 Å². The highest BCUT2D eigenvalue weighted by Crippen LogP contribution is 2.38. The summed E-state index contributed by atoms with van der Waals surface area (Å²) in [6.07, 6.45) is 9.86. The Hall–Kier alpha value is -4.18. The molecule has 10 heteroatoms. The van der Waals surface area contributed by atoms with Gasteiger partial charge in [0.1, 0.15) is 5.75 Å². The lowest BCUT2D eigenvalue weighted by molar-refractivity contribution is 0.144. The molecule has 1 N–H and O–H groups in total. The van der Waals surface area contributed by atoms with Gasteiger partial charge in [0.05, 0.1) is 25.3 Å². The smallest absolute Gasteiger partial charge is 0.262 e. The topological polar surface area (TPSA) is 90.7 Å². The van der Waals surface area contributed by atoms with Crippen LogP contribution in [0.3, 0.4) is 0 Å². The lowest BCUT2D eigenvalue weighted by Gasteiger charge is -2.40. The maximum atomic E-state index is 15.4. The highest BCUT2D eigenvalue weighted by Gasteiger charge is 2.30. The van der Waals surface area contributed by atoms with Crippen molar-refractivity contribution in [1.29, 1.82) is 0 Å². The molecular weight excluding hydrogens is 561 g/mol. The molecule has 1 unspecified atom stereocenters. The van der Waals surface area contributed by atoms with Crippen molar-refractivity contribution in [2.75, 3.05) is 32.6 Å². The number of methoxy groups -OCH3 is 2. The first-order valence-electron chi connectivity index (χ1n) is 15.4. The Morgan fingerprint density at radius 3 is 2.39 bits per heavy atom. The van der Waals surface area contributed by atoms with Gasteiger partial charge in [0.15, 0.2) is 23.1 Å². The number of anilines is 1. The first-order valence-corrected chi connectivity index (χ1v) is 15.4. The quantitative estimate of drug-likeness (QED) is 0.189. The molecule has 1 aliphatic carbocycles. The molecule has 0 amide bonds. The van der Waals surface area contributed by atoms with E-state index in [4.69, 9.17) is 14.2 Å². The maximum absolute atomic E-state index is 15.4. The predicted molar refractivity (Wildman–Crippen MR) is 172 cm³/mol. The Balaban J connectivity index is 1.38. The normalized spacial score (nSPS) is 16.7. The fraction of sp³-hybridized carbons (Fsp3) is 0.441. The van der Waals surface area contributed by atoms with Gasteiger partial charge in [0.25, 0.3) is 5.56 Å². The van der Waals surface area contributed by atoms with E-state index >= 15 is 4.39 Å². The number of nitrogens with one attached hydrogen (secondary N) is 1. The van der Waals surface area contributed by atoms with Gasteiger partial charge in [-0.05, 0) is 68.6 Å². The molecule has 234 valence electrons. The minimum atomic E-state index is -0.603. The van der Waals surface area contributed by atoms with Crippen molar-refractivity contribution in [1.82, 2.24) is 19.4 Å². The highest BCUT2D eigenvalue weighted by molar-refractivity contribution is 5.88. The molecule has 44 heavy (non-hydrogen) atoms. The summed E-state index contributed by atoms with van der Waals surface area (Å²) in [7, 11) is 4.80. The molecule has 2 heterocycles. The SMILES string of the molecule is CCCN(CCC)[C@@H]1CCCCC1Nc1ncc(-c2ccc(Oc3ccnc4cc(OC)c(OC)cc34)c(F)c2)c(=O)n1C. The van der Waals surface area contributed by atoms with Crippen molar-refractivity contribution in [2.45, 2.75) is 64.5 Å². The Bertz CT molecular complexity index is 1650. The van der Waals surface area contributed by atoms with Crippen LogP contribution in [0.1, 0.15) is 52.4 Å². The van der Waals surface area contributed by atoms with Crippen LogP contribution in [-0.4, -0.2) is 58.8 Å². The van der Waals surface area contributed by atoms with E-state index in [9.17, 15) is 4.79 Å². The summed E-state index contributed by atoms with van der Waals surface area (Å²) >= 11 is 0. The van der Waals surface area contributed by atoms with Crippen molar-refractivity contribution in [3.8, 4) is 34.1 Å². The van der Waals surface area contributed by atoms with Crippen LogP contribution < -0.4 is 25.1 Å². The summed E-state index contributed by atoms with van der Waals surface area (Å²) in [5.41, 5.74) is 1.10. The summed E-state index contributed by atoms with van der Waals surface area (Å²) in [4.78, 5) is 25.1. The second kappa shape index (κ2) is 14.1. The van der Waals surface area contributed by atoms with Crippen LogP contribution in [0.2, 0.25) is 0 Å². The molecule has 0 saturated heterocycles. The number of rotatable bonds is 12. The molecule has 5 rings (SSSR count). The molecule has 1 aliphatic rings. The van der Waals surface area contributed by atoms with E-state index in [2.05, 4.69) is 34.0 Å². The fourth-order valence-electron chi connectivity index (χ4n) is 6.18. The van der Waals surface area contributed by atoms with E-state index in [1.165, 1.54) is 29.3 Å². The largest absolute Gasteiger partial charge is 0.493 e. The van der Waals surface area contributed by atoms with Gasteiger partial charge in [-0.1, -0.05) is 32.8 Å². The molecule has 2 aromatic carbocycles. The molecular formula is C34H42FN5O4. The molecule has 1 fully saturated rings. The molecule has 1 saturated carbocycles. The number of hydrogen-bond donors (Lipinski definition) is 1. The number of halogens is 1. The zero-order chi connectivity index (χ0) is 31.2. The summed E-state index contributed by atoms with van der Waals surface area (Å²) < 4.78 is 33.7. The van der Waals surface area contributed by atoms with Gasteiger partial charge >= 0.3 is 0 Å². The summed E-state index contributed by atoms with van der Waals surface area (Å²) in [6.45, 7) is 6.56. The third-order valence-corrected chi connectivity index (χ3v) is 8.37. The van der Waals surface area contributed by atoms with Crippen molar-refractivity contribution in [2.24, 2.45) is 7.05 Å². The number of fused-ring (bicyclic) bond motifs is 1. The number of hydrogen-bond acceptors (Lipinski definition) is 8.